The average molecular weight is 711 g/mol. The van der Waals surface area contributed by atoms with Crippen LogP contribution in [0.1, 0.15) is 27.0 Å². The van der Waals surface area contributed by atoms with Crippen molar-refractivity contribution >= 4 is 55.8 Å². The number of amides is 1. The van der Waals surface area contributed by atoms with E-state index in [1.807, 2.05) is 55.5 Å². The van der Waals surface area contributed by atoms with Crippen LogP contribution >= 0.6 is 11.3 Å². The molecule has 50 heavy (non-hydrogen) atoms. The van der Waals surface area contributed by atoms with Gasteiger partial charge < -0.3 is 24.4 Å². The summed E-state index contributed by atoms with van der Waals surface area (Å²) >= 11 is 1.27. The summed E-state index contributed by atoms with van der Waals surface area (Å²) < 4.78 is 45.6. The van der Waals surface area contributed by atoms with Crippen LogP contribution in [0.25, 0.3) is 21.0 Å². The number of alkyl halides is 3. The van der Waals surface area contributed by atoms with Gasteiger partial charge in [-0.05, 0) is 25.1 Å². The van der Waals surface area contributed by atoms with Crippen molar-refractivity contribution in [1.29, 1.82) is 0 Å². The number of carbonyl (C=O) groups excluding carboxylic acids is 2. The lowest BCUT2D eigenvalue weighted by atomic mass is 10.1. The molecular weight excluding hydrogens is 677 g/mol. The maximum atomic E-state index is 14.2. The van der Waals surface area contributed by atoms with E-state index in [-0.39, 0.29) is 36.2 Å². The van der Waals surface area contributed by atoms with Gasteiger partial charge in [0.15, 0.2) is 11.5 Å². The fourth-order valence-corrected chi connectivity index (χ4v) is 6.65. The highest BCUT2D eigenvalue weighted by Crippen LogP contribution is 2.40. The second-order valence-electron chi connectivity index (χ2n) is 11.0. The molecule has 0 radical (unpaired) electrons. The van der Waals surface area contributed by atoms with Gasteiger partial charge in [0.25, 0.3) is 11.5 Å². The minimum absolute atomic E-state index is 0.133. The first-order valence-electron chi connectivity index (χ1n) is 15.6. The fraction of sp³-hybridized carbons (Fsp3) is 0.286. The van der Waals surface area contributed by atoms with Gasteiger partial charge in [-0.15, -0.1) is 11.3 Å². The Labute approximate surface area is 288 Å². The average Bonchev–Trinajstić information content (AvgIpc) is 3.52. The van der Waals surface area contributed by atoms with Crippen molar-refractivity contribution in [3.05, 3.63) is 99.8 Å². The predicted octanol–water partition coefficient (Wildman–Crippen LogP) is 5.51. The van der Waals surface area contributed by atoms with Crippen molar-refractivity contribution in [3.63, 3.8) is 0 Å². The van der Waals surface area contributed by atoms with E-state index in [9.17, 15) is 27.6 Å². The number of rotatable bonds is 10. The summed E-state index contributed by atoms with van der Waals surface area (Å²) in [6.07, 6.45) is -3.32. The van der Waals surface area contributed by atoms with Gasteiger partial charge in [0.1, 0.15) is 22.7 Å². The standard InChI is InChI=1S/C33H32N4O5S.C2HF3O2/c1-2-41-20-21-42-29-28-30(43-31(29)33(40)36-18-16-35(17-19-36)27-14-8-9-15-34-27)24-12-6-7-13-25(24)37(32(28)39)22-26(38)23-10-4-3-5-11-23;3-2(4,5)1(6)7/h3-15H,2,16-22H2,1H3;(H,6,7). The van der Waals surface area contributed by atoms with E-state index in [0.29, 0.717) is 65.4 Å². The van der Waals surface area contributed by atoms with Crippen LogP contribution in [0.3, 0.4) is 0 Å². The van der Waals surface area contributed by atoms with E-state index in [2.05, 4.69) is 9.88 Å². The van der Waals surface area contributed by atoms with E-state index in [1.54, 1.807) is 35.4 Å². The number of ether oxygens (including phenoxy) is 2. The number of hydrogen-bond acceptors (Lipinski definition) is 9. The predicted molar refractivity (Wildman–Crippen MR) is 182 cm³/mol. The van der Waals surface area contributed by atoms with Gasteiger partial charge in [-0.1, -0.05) is 54.6 Å². The zero-order valence-corrected chi connectivity index (χ0v) is 27.7. The maximum absolute atomic E-state index is 14.2. The van der Waals surface area contributed by atoms with Crippen molar-refractivity contribution in [2.24, 2.45) is 0 Å². The van der Waals surface area contributed by atoms with Gasteiger partial charge in [-0.25, -0.2) is 9.78 Å². The first kappa shape index (κ1) is 36.0. The van der Waals surface area contributed by atoms with Gasteiger partial charge in [0.05, 0.1) is 23.4 Å². The van der Waals surface area contributed by atoms with E-state index < -0.39 is 12.1 Å². The first-order valence-corrected chi connectivity index (χ1v) is 16.4. The molecule has 0 aliphatic carbocycles. The first-order chi connectivity index (χ1) is 24.0. The highest BCUT2D eigenvalue weighted by molar-refractivity contribution is 7.22. The number of pyridine rings is 2. The molecule has 5 aromatic rings. The van der Waals surface area contributed by atoms with Crippen LogP contribution < -0.4 is 15.2 Å². The highest BCUT2D eigenvalue weighted by atomic mass is 32.1. The Morgan fingerprint density at radius 1 is 0.920 bits per heavy atom. The molecule has 0 saturated carbocycles. The number of ketones is 1. The molecule has 4 heterocycles. The number of Topliss-reactive ketones (excluding diaryl/α,β-unsaturated/α-hetero) is 1. The number of thiophene rings is 1. The number of fused-ring (bicyclic) bond motifs is 3. The molecule has 11 nitrogen and oxygen atoms in total. The van der Waals surface area contributed by atoms with Crippen LogP contribution in [0.4, 0.5) is 19.0 Å². The maximum Gasteiger partial charge on any atom is 0.490 e. The third-order valence-electron chi connectivity index (χ3n) is 7.82. The highest BCUT2D eigenvalue weighted by Gasteiger charge is 2.38. The molecule has 0 spiro atoms. The third-order valence-corrected chi connectivity index (χ3v) is 9.01. The Kier molecular flexibility index (Phi) is 11.5. The Hall–Kier alpha value is -5.28. The molecule has 6 rings (SSSR count). The smallest absolute Gasteiger partial charge is 0.489 e. The fourth-order valence-electron chi connectivity index (χ4n) is 5.41. The number of piperazine rings is 1. The van der Waals surface area contributed by atoms with E-state index in [4.69, 9.17) is 19.4 Å². The number of carbonyl (C=O) groups is 3. The van der Waals surface area contributed by atoms with Crippen molar-refractivity contribution in [2.75, 3.05) is 50.9 Å². The summed E-state index contributed by atoms with van der Waals surface area (Å²) in [6, 6.07) is 22.2. The van der Waals surface area contributed by atoms with Gasteiger partial charge >= 0.3 is 12.1 Å². The number of benzene rings is 2. The molecule has 3 aromatic heterocycles. The summed E-state index contributed by atoms with van der Waals surface area (Å²) in [7, 11) is 0. The molecule has 1 fully saturated rings. The van der Waals surface area contributed by atoms with Crippen molar-refractivity contribution in [3.8, 4) is 5.75 Å². The number of carboxylic acids is 1. The number of aliphatic carboxylic acids is 1. The van der Waals surface area contributed by atoms with Crippen molar-refractivity contribution < 1.29 is 42.1 Å². The zero-order chi connectivity index (χ0) is 35.8. The lowest BCUT2D eigenvalue weighted by Crippen LogP contribution is -2.49. The summed E-state index contributed by atoms with van der Waals surface area (Å²) in [5.74, 6) is -1.97. The Bertz CT molecular complexity index is 2030. The van der Waals surface area contributed by atoms with E-state index in [1.165, 1.54) is 15.9 Å². The Morgan fingerprint density at radius 2 is 1.58 bits per heavy atom. The number of hydrogen-bond donors (Lipinski definition) is 1. The van der Waals surface area contributed by atoms with E-state index in [0.717, 1.165) is 11.2 Å². The molecule has 1 saturated heterocycles. The van der Waals surface area contributed by atoms with Crippen LogP contribution in [0.5, 0.6) is 5.75 Å². The summed E-state index contributed by atoms with van der Waals surface area (Å²) in [5, 5.41) is 8.23. The number of halogens is 3. The van der Waals surface area contributed by atoms with Gasteiger partial charge in [0, 0.05) is 49.9 Å². The largest absolute Gasteiger partial charge is 0.490 e. The molecule has 2 aromatic carbocycles. The van der Waals surface area contributed by atoms with Crippen LogP contribution in [0, 0.1) is 0 Å². The minimum atomic E-state index is -5.08. The number of carboxylic acid groups (broad SMARTS) is 1. The van der Waals surface area contributed by atoms with Crippen LogP contribution in [0.2, 0.25) is 0 Å². The number of nitrogens with zero attached hydrogens (tertiary/aromatic N) is 4. The lowest BCUT2D eigenvalue weighted by molar-refractivity contribution is -0.192. The van der Waals surface area contributed by atoms with Crippen LogP contribution in [-0.2, 0) is 16.1 Å². The third kappa shape index (κ3) is 8.12. The second kappa shape index (κ2) is 16.0. The molecular formula is C35H33F3N4O7S. The molecule has 0 unspecified atom stereocenters. The quantitative estimate of drug-likeness (QED) is 0.147. The van der Waals surface area contributed by atoms with Crippen molar-refractivity contribution in [1.82, 2.24) is 14.5 Å². The Morgan fingerprint density at radius 3 is 2.22 bits per heavy atom. The zero-order valence-electron chi connectivity index (χ0n) is 26.9. The number of para-hydroxylation sites is 1. The monoisotopic (exact) mass is 710 g/mol. The van der Waals surface area contributed by atoms with Gasteiger partial charge in [0.2, 0.25) is 0 Å². The van der Waals surface area contributed by atoms with Crippen LogP contribution in [0.15, 0.2) is 83.8 Å². The molecule has 15 heteroatoms. The number of anilines is 1. The summed E-state index contributed by atoms with van der Waals surface area (Å²) in [4.78, 5) is 59.2. The van der Waals surface area contributed by atoms with Crippen LogP contribution in [-0.4, -0.2) is 89.4 Å². The molecule has 0 atom stereocenters. The summed E-state index contributed by atoms with van der Waals surface area (Å²) in [6.45, 7) is 5.11. The van der Waals surface area contributed by atoms with Crippen molar-refractivity contribution in [2.45, 2.75) is 19.6 Å². The normalized spacial score (nSPS) is 13.2. The molecule has 1 aliphatic rings. The molecule has 0 bridgehead atoms. The minimum Gasteiger partial charge on any atom is -0.489 e. The molecule has 1 aliphatic heterocycles. The molecule has 1 N–H and O–H groups in total. The SMILES string of the molecule is CCOCCOc1c(C(=O)N2CCN(c3ccccn3)CC2)sc2c1c(=O)n(CC(=O)c1ccccc1)c1ccccc21.O=C(O)C(F)(F)F. The topological polar surface area (TPSA) is 131 Å². The lowest BCUT2D eigenvalue weighted by Gasteiger charge is -2.35. The molecule has 1 amide bonds. The van der Waals surface area contributed by atoms with E-state index >= 15 is 0 Å². The summed E-state index contributed by atoms with van der Waals surface area (Å²) in [5.41, 5.74) is 0.798. The number of aromatic nitrogens is 2. The Balaban J connectivity index is 0.000000630. The molecule has 262 valence electrons. The van der Waals surface area contributed by atoms with Gasteiger partial charge in [-0.2, -0.15) is 13.2 Å². The van der Waals surface area contributed by atoms with Gasteiger partial charge in [-0.3, -0.25) is 19.0 Å². The second-order valence-corrected chi connectivity index (χ2v) is 12.0.